The van der Waals surface area contributed by atoms with Crippen LogP contribution in [0.15, 0.2) is 29.1 Å². The van der Waals surface area contributed by atoms with Gasteiger partial charge >= 0.3 is 0 Å². The first-order valence-electron chi connectivity index (χ1n) is 8.83. The van der Waals surface area contributed by atoms with E-state index in [1.807, 2.05) is 63.9 Å². The number of likely N-dealkylation sites (N-methyl/N-ethyl adjacent to an activating group) is 1. The highest BCUT2D eigenvalue weighted by Crippen LogP contribution is 2.27. The Hall–Kier alpha value is -2.51. The fourth-order valence-electron chi connectivity index (χ4n) is 2.88. The second kappa shape index (κ2) is 7.62. The standard InChI is InChI=1S/C20H24N4O2S/c1-11-6-8-15(9-7-11)21-16(25)10-24(5)13(3)18-22-19(26)17-12(2)14(4)27-20(17)23-18/h6-9,13H,10H2,1-5H3,(H,21,25)(H,22,23,26). The van der Waals surface area contributed by atoms with Crippen LogP contribution < -0.4 is 10.9 Å². The van der Waals surface area contributed by atoms with Crippen molar-refractivity contribution in [2.75, 3.05) is 18.9 Å². The summed E-state index contributed by atoms with van der Waals surface area (Å²) in [6.07, 6.45) is 0. The van der Waals surface area contributed by atoms with Crippen molar-refractivity contribution in [3.63, 3.8) is 0 Å². The topological polar surface area (TPSA) is 78.1 Å². The van der Waals surface area contributed by atoms with E-state index in [2.05, 4.69) is 15.3 Å². The first kappa shape index (κ1) is 19.3. The molecule has 0 fully saturated rings. The van der Waals surface area contributed by atoms with Crippen LogP contribution in [0.3, 0.4) is 0 Å². The van der Waals surface area contributed by atoms with Crippen LogP contribution in [0.25, 0.3) is 10.2 Å². The number of H-pyrrole nitrogens is 1. The maximum atomic E-state index is 12.5. The van der Waals surface area contributed by atoms with Gasteiger partial charge in [0, 0.05) is 10.6 Å². The van der Waals surface area contributed by atoms with E-state index >= 15 is 0 Å². The van der Waals surface area contributed by atoms with E-state index in [9.17, 15) is 9.59 Å². The molecule has 2 heterocycles. The minimum atomic E-state index is -0.200. The van der Waals surface area contributed by atoms with Gasteiger partial charge in [0.25, 0.3) is 5.56 Å². The number of carbonyl (C=O) groups excluding carboxylic acids is 1. The predicted molar refractivity (Wildman–Crippen MR) is 111 cm³/mol. The van der Waals surface area contributed by atoms with Crippen LogP contribution in [-0.2, 0) is 4.79 Å². The summed E-state index contributed by atoms with van der Waals surface area (Å²) < 4.78 is 0. The maximum Gasteiger partial charge on any atom is 0.259 e. The van der Waals surface area contributed by atoms with Gasteiger partial charge in [-0.2, -0.15) is 0 Å². The highest BCUT2D eigenvalue weighted by atomic mass is 32.1. The third kappa shape index (κ3) is 4.09. The SMILES string of the molecule is Cc1ccc(NC(=O)CN(C)C(C)c2nc3sc(C)c(C)c3c(=O)[nH]2)cc1. The van der Waals surface area contributed by atoms with Crippen LogP contribution in [0.4, 0.5) is 5.69 Å². The number of aromatic amines is 1. The molecule has 2 N–H and O–H groups in total. The van der Waals surface area contributed by atoms with Gasteiger partial charge in [0.2, 0.25) is 5.91 Å². The molecule has 7 heteroatoms. The number of hydrogen-bond acceptors (Lipinski definition) is 5. The van der Waals surface area contributed by atoms with E-state index in [0.29, 0.717) is 11.2 Å². The summed E-state index contributed by atoms with van der Waals surface area (Å²) in [4.78, 5) is 36.0. The van der Waals surface area contributed by atoms with Gasteiger partial charge in [-0.3, -0.25) is 14.5 Å². The first-order valence-corrected chi connectivity index (χ1v) is 9.64. The minimum Gasteiger partial charge on any atom is -0.325 e. The van der Waals surface area contributed by atoms with Crippen molar-refractivity contribution in [3.05, 3.63) is 56.4 Å². The van der Waals surface area contributed by atoms with Gasteiger partial charge in [0.15, 0.2) is 0 Å². The Bertz CT molecular complexity index is 1040. The fraction of sp³-hybridized carbons (Fsp3) is 0.350. The predicted octanol–water partition coefficient (Wildman–Crippen LogP) is 3.54. The Balaban J connectivity index is 1.74. The number of benzene rings is 1. The molecule has 142 valence electrons. The molecule has 1 amide bonds. The van der Waals surface area contributed by atoms with Crippen molar-refractivity contribution in [2.45, 2.75) is 33.7 Å². The molecular weight excluding hydrogens is 360 g/mol. The molecule has 3 rings (SSSR count). The number of anilines is 1. The summed E-state index contributed by atoms with van der Waals surface area (Å²) >= 11 is 1.52. The van der Waals surface area contributed by atoms with E-state index in [1.54, 1.807) is 0 Å². The van der Waals surface area contributed by atoms with E-state index in [1.165, 1.54) is 11.3 Å². The average Bonchev–Trinajstić information content (AvgIpc) is 2.90. The van der Waals surface area contributed by atoms with Gasteiger partial charge in [-0.15, -0.1) is 11.3 Å². The number of fused-ring (bicyclic) bond motifs is 1. The molecule has 6 nitrogen and oxygen atoms in total. The lowest BCUT2D eigenvalue weighted by Crippen LogP contribution is -2.33. The number of rotatable bonds is 5. The van der Waals surface area contributed by atoms with Gasteiger partial charge in [-0.05, 0) is 52.4 Å². The van der Waals surface area contributed by atoms with Crippen LogP contribution in [0.5, 0.6) is 0 Å². The molecule has 0 radical (unpaired) electrons. The second-order valence-corrected chi connectivity index (χ2v) is 8.12. The highest BCUT2D eigenvalue weighted by Gasteiger charge is 2.20. The summed E-state index contributed by atoms with van der Waals surface area (Å²) in [6.45, 7) is 8.06. The van der Waals surface area contributed by atoms with Gasteiger partial charge in [0.05, 0.1) is 18.0 Å². The zero-order valence-electron chi connectivity index (χ0n) is 16.2. The number of hydrogen-bond donors (Lipinski definition) is 2. The summed E-state index contributed by atoms with van der Waals surface area (Å²) in [5, 5.41) is 3.55. The molecule has 0 spiro atoms. The van der Waals surface area contributed by atoms with Gasteiger partial charge < -0.3 is 10.3 Å². The monoisotopic (exact) mass is 384 g/mol. The number of aromatic nitrogens is 2. The van der Waals surface area contributed by atoms with Crippen LogP contribution in [-0.4, -0.2) is 34.4 Å². The first-order chi connectivity index (χ1) is 12.8. The molecule has 0 aliphatic heterocycles. The number of amides is 1. The van der Waals surface area contributed by atoms with Crippen LogP contribution in [0, 0.1) is 20.8 Å². The normalized spacial score (nSPS) is 12.5. The molecule has 1 unspecified atom stereocenters. The molecule has 0 aliphatic carbocycles. The highest BCUT2D eigenvalue weighted by molar-refractivity contribution is 7.18. The second-order valence-electron chi connectivity index (χ2n) is 6.92. The molecule has 27 heavy (non-hydrogen) atoms. The van der Waals surface area contributed by atoms with Crippen molar-refractivity contribution in [3.8, 4) is 0 Å². The maximum absolute atomic E-state index is 12.5. The zero-order chi connectivity index (χ0) is 19.7. The minimum absolute atomic E-state index is 0.112. The van der Waals surface area contributed by atoms with Crippen molar-refractivity contribution in [1.82, 2.24) is 14.9 Å². The van der Waals surface area contributed by atoms with Crippen LogP contribution in [0.1, 0.15) is 34.8 Å². The Morgan fingerprint density at radius 1 is 1.26 bits per heavy atom. The van der Waals surface area contributed by atoms with Crippen LogP contribution >= 0.6 is 11.3 Å². The Kier molecular flexibility index (Phi) is 5.43. The smallest absolute Gasteiger partial charge is 0.259 e. The quantitative estimate of drug-likeness (QED) is 0.705. The lowest BCUT2D eigenvalue weighted by Gasteiger charge is -2.23. The number of carbonyl (C=O) groups is 1. The number of nitrogens with zero attached hydrogens (tertiary/aromatic N) is 2. The molecule has 0 saturated heterocycles. The summed E-state index contributed by atoms with van der Waals surface area (Å²) in [5.74, 6) is 0.457. The fourth-order valence-corrected chi connectivity index (χ4v) is 3.92. The molecular formula is C20H24N4O2S. The lowest BCUT2D eigenvalue weighted by molar-refractivity contribution is -0.117. The molecule has 1 aromatic carbocycles. The molecule has 2 aromatic heterocycles. The average molecular weight is 385 g/mol. The lowest BCUT2D eigenvalue weighted by atomic mass is 10.2. The summed E-state index contributed by atoms with van der Waals surface area (Å²) in [5.41, 5.74) is 2.77. The van der Waals surface area contributed by atoms with E-state index in [4.69, 9.17) is 0 Å². The van der Waals surface area contributed by atoms with Gasteiger partial charge in [-0.1, -0.05) is 17.7 Å². The Labute approximate surface area is 162 Å². The Morgan fingerprint density at radius 3 is 2.59 bits per heavy atom. The van der Waals surface area contributed by atoms with Crippen molar-refractivity contribution in [1.29, 1.82) is 0 Å². The van der Waals surface area contributed by atoms with Gasteiger partial charge in [0.1, 0.15) is 10.7 Å². The number of aryl methyl sites for hydroxylation is 3. The number of nitrogens with one attached hydrogen (secondary N) is 2. The van der Waals surface area contributed by atoms with E-state index in [0.717, 1.165) is 26.5 Å². The summed E-state index contributed by atoms with van der Waals surface area (Å²) in [7, 11) is 1.84. The molecule has 0 aliphatic rings. The molecule has 3 aromatic rings. The summed E-state index contributed by atoms with van der Waals surface area (Å²) in [6, 6.07) is 7.47. The van der Waals surface area contributed by atoms with Crippen LogP contribution in [0.2, 0.25) is 0 Å². The van der Waals surface area contributed by atoms with Crippen molar-refractivity contribution < 1.29 is 4.79 Å². The largest absolute Gasteiger partial charge is 0.325 e. The van der Waals surface area contributed by atoms with E-state index < -0.39 is 0 Å². The molecule has 0 saturated carbocycles. The third-order valence-electron chi connectivity index (χ3n) is 4.84. The van der Waals surface area contributed by atoms with Crippen molar-refractivity contribution in [2.24, 2.45) is 0 Å². The Morgan fingerprint density at radius 2 is 1.93 bits per heavy atom. The van der Waals surface area contributed by atoms with Gasteiger partial charge in [-0.25, -0.2) is 4.98 Å². The van der Waals surface area contributed by atoms with Crippen molar-refractivity contribution >= 4 is 33.1 Å². The third-order valence-corrected chi connectivity index (χ3v) is 5.94. The number of thiophene rings is 1. The van der Waals surface area contributed by atoms with E-state index in [-0.39, 0.29) is 24.1 Å². The molecule has 1 atom stereocenters. The molecule has 0 bridgehead atoms. The zero-order valence-corrected chi connectivity index (χ0v) is 17.0.